The van der Waals surface area contributed by atoms with Crippen LogP contribution in [0.5, 0.6) is 0 Å². The first-order valence-corrected chi connectivity index (χ1v) is 9.19. The molecule has 0 aliphatic carbocycles. The molecule has 2 N–H and O–H groups in total. The molecule has 0 spiro atoms. The number of fused-ring (bicyclic) bond motifs is 2. The molecule has 0 saturated carbocycles. The van der Waals surface area contributed by atoms with E-state index in [1.54, 1.807) is 26.0 Å². The van der Waals surface area contributed by atoms with Crippen molar-refractivity contribution in [2.45, 2.75) is 38.3 Å². The average molecular weight is 394 g/mol. The van der Waals surface area contributed by atoms with Crippen LogP contribution in [0.1, 0.15) is 67.8 Å². The number of rotatable bonds is 2. The lowest BCUT2D eigenvalue weighted by atomic mass is 9.78. The summed E-state index contributed by atoms with van der Waals surface area (Å²) in [4.78, 5) is 50.5. The molecule has 0 aromatic heterocycles. The van der Waals surface area contributed by atoms with E-state index in [0.29, 0.717) is 5.56 Å². The molecule has 2 aromatic rings. The van der Waals surface area contributed by atoms with Crippen molar-refractivity contribution in [2.24, 2.45) is 0 Å². The van der Waals surface area contributed by atoms with Gasteiger partial charge < -0.3 is 10.6 Å². The maximum Gasteiger partial charge on any atom is 0.252 e. The first-order chi connectivity index (χ1) is 13.5. The zero-order chi connectivity index (χ0) is 21.1. The van der Waals surface area contributed by atoms with Gasteiger partial charge in [-0.3, -0.25) is 19.2 Å². The van der Waals surface area contributed by atoms with Crippen molar-refractivity contribution in [2.75, 3.05) is 0 Å². The van der Waals surface area contributed by atoms with Crippen LogP contribution >= 0.6 is 0 Å². The fourth-order valence-corrected chi connectivity index (χ4v) is 3.96. The molecule has 148 valence electrons. The Morgan fingerprint density at radius 3 is 2.24 bits per heavy atom. The number of halogens is 1. The van der Waals surface area contributed by atoms with Crippen LogP contribution in [0.4, 0.5) is 4.39 Å². The molecule has 2 amide bonds. The fraction of sp³-hybridized carbons (Fsp3) is 0.273. The second-order valence-electron chi connectivity index (χ2n) is 8.24. The highest BCUT2D eigenvalue weighted by Crippen LogP contribution is 2.30. The van der Waals surface area contributed by atoms with Crippen LogP contribution in [0.15, 0.2) is 36.4 Å². The maximum atomic E-state index is 14.3. The van der Waals surface area contributed by atoms with E-state index in [1.165, 1.54) is 25.1 Å². The minimum absolute atomic E-state index is 0.00603. The zero-order valence-electron chi connectivity index (χ0n) is 16.2. The van der Waals surface area contributed by atoms with Gasteiger partial charge in [0, 0.05) is 12.0 Å². The Labute approximate surface area is 166 Å². The standard InChI is InChI=1S/C22H19FN2O4/c1-21(2)17(26)14-9-11(7-8-12(14)19(28)24-21)10-22(3)18(27)16-13(20(29)25-22)5-4-6-15(16)23/h4-9H,10H2,1-3H3,(H,24,28)(H,25,29). The van der Waals surface area contributed by atoms with Gasteiger partial charge in [-0.05, 0) is 50.6 Å². The molecule has 2 aliphatic rings. The number of carbonyl (C=O) groups is 4. The lowest BCUT2D eigenvalue weighted by Crippen LogP contribution is -2.58. The smallest absolute Gasteiger partial charge is 0.252 e. The van der Waals surface area contributed by atoms with Gasteiger partial charge in [0.2, 0.25) is 0 Å². The summed E-state index contributed by atoms with van der Waals surface area (Å²) < 4.78 is 14.3. The summed E-state index contributed by atoms with van der Waals surface area (Å²) in [6.45, 7) is 4.77. The quantitative estimate of drug-likeness (QED) is 0.818. The largest absolute Gasteiger partial charge is 0.340 e. The van der Waals surface area contributed by atoms with E-state index >= 15 is 0 Å². The van der Waals surface area contributed by atoms with Gasteiger partial charge in [0.1, 0.15) is 11.4 Å². The molecule has 2 aliphatic heterocycles. The van der Waals surface area contributed by atoms with Gasteiger partial charge in [-0.15, -0.1) is 0 Å². The number of Topliss-reactive ketones (excluding diaryl/α,β-unsaturated/α-hetero) is 2. The Kier molecular flexibility index (Phi) is 3.98. The van der Waals surface area contributed by atoms with Crippen LogP contribution in [0.2, 0.25) is 0 Å². The van der Waals surface area contributed by atoms with E-state index in [2.05, 4.69) is 10.6 Å². The van der Waals surface area contributed by atoms with E-state index in [9.17, 15) is 23.6 Å². The molecule has 2 aromatic carbocycles. The van der Waals surface area contributed by atoms with Gasteiger partial charge >= 0.3 is 0 Å². The van der Waals surface area contributed by atoms with Crippen molar-refractivity contribution in [3.8, 4) is 0 Å². The summed E-state index contributed by atoms with van der Waals surface area (Å²) in [7, 11) is 0. The molecule has 6 nitrogen and oxygen atoms in total. The topological polar surface area (TPSA) is 92.3 Å². The van der Waals surface area contributed by atoms with Gasteiger partial charge in [-0.1, -0.05) is 12.1 Å². The maximum absolute atomic E-state index is 14.3. The molecule has 0 fully saturated rings. The van der Waals surface area contributed by atoms with E-state index in [-0.39, 0.29) is 40.4 Å². The van der Waals surface area contributed by atoms with Crippen LogP contribution < -0.4 is 10.6 Å². The number of hydrogen-bond donors (Lipinski definition) is 2. The number of hydrogen-bond acceptors (Lipinski definition) is 4. The van der Waals surface area contributed by atoms with Crippen molar-refractivity contribution >= 4 is 23.4 Å². The molecular weight excluding hydrogens is 375 g/mol. The van der Waals surface area contributed by atoms with Crippen LogP contribution in [0.3, 0.4) is 0 Å². The van der Waals surface area contributed by atoms with Gasteiger partial charge in [0.25, 0.3) is 11.8 Å². The highest BCUT2D eigenvalue weighted by molar-refractivity contribution is 6.18. The highest BCUT2D eigenvalue weighted by atomic mass is 19.1. The Bertz CT molecular complexity index is 1120. The van der Waals surface area contributed by atoms with Gasteiger partial charge in [0.05, 0.1) is 22.2 Å². The molecule has 1 atom stereocenters. The molecule has 7 heteroatoms. The normalized spacial score (nSPS) is 22.5. The third kappa shape index (κ3) is 2.85. The van der Waals surface area contributed by atoms with E-state index < -0.39 is 28.6 Å². The summed E-state index contributed by atoms with van der Waals surface area (Å²) in [5.41, 5.74) is -1.53. The van der Waals surface area contributed by atoms with Crippen LogP contribution in [-0.4, -0.2) is 34.5 Å². The molecule has 2 heterocycles. The lowest BCUT2D eigenvalue weighted by molar-refractivity contribution is 0.0745. The second-order valence-corrected chi connectivity index (χ2v) is 8.24. The Balaban J connectivity index is 1.74. The second kappa shape index (κ2) is 6.07. The summed E-state index contributed by atoms with van der Waals surface area (Å²) in [5.74, 6) is -2.40. The van der Waals surface area contributed by atoms with Crippen molar-refractivity contribution in [3.05, 3.63) is 70.0 Å². The molecule has 0 saturated heterocycles. The first-order valence-electron chi connectivity index (χ1n) is 9.19. The van der Waals surface area contributed by atoms with Crippen molar-refractivity contribution < 1.29 is 23.6 Å². The molecule has 4 rings (SSSR count). The van der Waals surface area contributed by atoms with E-state index in [1.807, 2.05) is 0 Å². The van der Waals surface area contributed by atoms with Crippen LogP contribution in [0, 0.1) is 5.82 Å². The SMILES string of the molecule is CC1(C)NC(=O)c2ccc(CC3(C)NC(=O)c4cccc(F)c4C3=O)cc2C1=O. The summed E-state index contributed by atoms with van der Waals surface area (Å²) in [6, 6.07) is 8.66. The minimum atomic E-state index is -1.38. The highest BCUT2D eigenvalue weighted by Gasteiger charge is 2.44. The van der Waals surface area contributed by atoms with E-state index in [4.69, 9.17) is 0 Å². The minimum Gasteiger partial charge on any atom is -0.340 e. The molecule has 0 bridgehead atoms. The third-order valence-corrected chi connectivity index (χ3v) is 5.50. The number of ketones is 2. The van der Waals surface area contributed by atoms with E-state index in [0.717, 1.165) is 6.07 Å². The predicted octanol–water partition coefficient (Wildman–Crippen LogP) is 2.46. The molecule has 1 unspecified atom stereocenters. The predicted molar refractivity (Wildman–Crippen MR) is 103 cm³/mol. The lowest BCUT2D eigenvalue weighted by Gasteiger charge is -2.35. The van der Waals surface area contributed by atoms with Crippen molar-refractivity contribution in [3.63, 3.8) is 0 Å². The molecule has 0 radical (unpaired) electrons. The summed E-state index contributed by atoms with van der Waals surface area (Å²) in [6.07, 6.45) is 0.0496. The Morgan fingerprint density at radius 2 is 1.52 bits per heavy atom. The number of nitrogens with one attached hydrogen (secondary N) is 2. The number of benzene rings is 2. The number of carbonyl (C=O) groups excluding carboxylic acids is 4. The first kappa shape index (κ1) is 19.0. The van der Waals surface area contributed by atoms with Crippen LogP contribution in [-0.2, 0) is 6.42 Å². The summed E-state index contributed by atoms with van der Waals surface area (Å²) in [5, 5.41) is 5.33. The Hall–Kier alpha value is -3.35. The molecular formula is C22H19FN2O4. The van der Waals surface area contributed by atoms with Gasteiger partial charge in [-0.2, -0.15) is 0 Å². The monoisotopic (exact) mass is 394 g/mol. The third-order valence-electron chi connectivity index (χ3n) is 5.50. The fourth-order valence-electron chi connectivity index (χ4n) is 3.96. The van der Waals surface area contributed by atoms with Gasteiger partial charge in [-0.25, -0.2) is 4.39 Å². The Morgan fingerprint density at radius 1 is 0.828 bits per heavy atom. The van der Waals surface area contributed by atoms with Crippen molar-refractivity contribution in [1.29, 1.82) is 0 Å². The van der Waals surface area contributed by atoms with Crippen LogP contribution in [0.25, 0.3) is 0 Å². The van der Waals surface area contributed by atoms with Crippen molar-refractivity contribution in [1.82, 2.24) is 10.6 Å². The summed E-state index contributed by atoms with van der Waals surface area (Å²) >= 11 is 0. The average Bonchev–Trinajstić information content (AvgIpc) is 2.64. The zero-order valence-corrected chi connectivity index (χ0v) is 16.2. The molecule has 29 heavy (non-hydrogen) atoms. The number of amides is 2. The van der Waals surface area contributed by atoms with Gasteiger partial charge in [0.15, 0.2) is 11.6 Å².